The molecule has 0 atom stereocenters. The first-order valence-electron chi connectivity index (χ1n) is 5.64. The lowest BCUT2D eigenvalue weighted by atomic mass is 10.2. The Kier molecular flexibility index (Phi) is 3.54. The lowest BCUT2D eigenvalue weighted by molar-refractivity contribution is -0.141. The largest absolute Gasteiger partial charge is 0.433 e. The van der Waals surface area contributed by atoms with Crippen LogP contribution >= 0.6 is 0 Å². The molecule has 0 aliphatic carbocycles. The van der Waals surface area contributed by atoms with Crippen molar-refractivity contribution < 1.29 is 27.6 Å². The van der Waals surface area contributed by atoms with Crippen LogP contribution in [0.15, 0.2) is 12.1 Å². The molecule has 21 heavy (non-hydrogen) atoms. The first-order chi connectivity index (χ1) is 9.68. The van der Waals surface area contributed by atoms with E-state index >= 15 is 0 Å². The summed E-state index contributed by atoms with van der Waals surface area (Å²) < 4.78 is 38.0. The third kappa shape index (κ3) is 3.09. The highest BCUT2D eigenvalue weighted by Crippen LogP contribution is 2.30. The summed E-state index contributed by atoms with van der Waals surface area (Å²) in [6.45, 7) is -0.805. The molecular weight excluding hydrogens is 293 g/mol. The smallest absolute Gasteiger partial charge is 0.365 e. The molecular formula is C11H9F3N4O3. The van der Waals surface area contributed by atoms with Crippen molar-refractivity contribution in [3.05, 3.63) is 23.4 Å². The molecule has 1 aromatic heterocycles. The fourth-order valence-corrected chi connectivity index (χ4v) is 1.83. The van der Waals surface area contributed by atoms with Crippen molar-refractivity contribution in [3.63, 3.8) is 0 Å². The summed E-state index contributed by atoms with van der Waals surface area (Å²) in [7, 11) is 0. The van der Waals surface area contributed by atoms with E-state index in [2.05, 4.69) is 4.98 Å². The second-order valence-electron chi connectivity index (χ2n) is 4.26. The number of nitrogens with two attached hydrogens (primary N) is 1. The summed E-state index contributed by atoms with van der Waals surface area (Å²) in [5.41, 5.74) is 3.53. The molecule has 1 fully saturated rings. The Balaban J connectivity index is 2.50. The van der Waals surface area contributed by atoms with Gasteiger partial charge in [-0.1, -0.05) is 0 Å². The van der Waals surface area contributed by atoms with Crippen LogP contribution in [0.5, 0.6) is 0 Å². The number of halogens is 3. The van der Waals surface area contributed by atoms with E-state index in [0.29, 0.717) is 6.07 Å². The predicted molar refractivity (Wildman–Crippen MR) is 63.1 cm³/mol. The molecule has 1 saturated heterocycles. The van der Waals surface area contributed by atoms with Gasteiger partial charge in [0.1, 0.15) is 11.5 Å². The zero-order valence-corrected chi connectivity index (χ0v) is 10.4. The SMILES string of the molecule is NC(=O)c1ccc(C(F)(F)F)nc1N1CC(=O)NC(=O)C1. The normalized spacial score (nSPS) is 15.9. The summed E-state index contributed by atoms with van der Waals surface area (Å²) in [5, 5.41) is 1.99. The van der Waals surface area contributed by atoms with Crippen molar-refractivity contribution in [2.45, 2.75) is 6.18 Å². The van der Waals surface area contributed by atoms with Crippen molar-refractivity contribution in [3.8, 4) is 0 Å². The van der Waals surface area contributed by atoms with Gasteiger partial charge in [0.05, 0.1) is 18.7 Å². The number of carbonyl (C=O) groups excluding carboxylic acids is 3. The van der Waals surface area contributed by atoms with E-state index in [1.807, 2.05) is 5.32 Å². The number of nitrogens with one attached hydrogen (secondary N) is 1. The second kappa shape index (κ2) is 5.04. The molecule has 0 saturated carbocycles. The number of primary amides is 1. The molecule has 10 heteroatoms. The molecule has 0 unspecified atom stereocenters. The van der Waals surface area contributed by atoms with Gasteiger partial charge in [0, 0.05) is 0 Å². The van der Waals surface area contributed by atoms with Crippen molar-refractivity contribution in [1.82, 2.24) is 10.3 Å². The average molecular weight is 302 g/mol. The van der Waals surface area contributed by atoms with Crippen LogP contribution in [0.4, 0.5) is 19.0 Å². The van der Waals surface area contributed by atoms with Crippen LogP contribution in [0.2, 0.25) is 0 Å². The van der Waals surface area contributed by atoms with Gasteiger partial charge in [-0.2, -0.15) is 13.2 Å². The maximum atomic E-state index is 12.7. The molecule has 1 aliphatic heterocycles. The maximum Gasteiger partial charge on any atom is 0.433 e. The van der Waals surface area contributed by atoms with E-state index < -0.39 is 48.5 Å². The minimum Gasteiger partial charge on any atom is -0.365 e. The van der Waals surface area contributed by atoms with Crippen LogP contribution in [-0.2, 0) is 15.8 Å². The number of amides is 3. The van der Waals surface area contributed by atoms with Crippen molar-refractivity contribution in [1.29, 1.82) is 0 Å². The van der Waals surface area contributed by atoms with Crippen LogP contribution in [0.25, 0.3) is 0 Å². The number of alkyl halides is 3. The third-order valence-corrected chi connectivity index (χ3v) is 2.68. The third-order valence-electron chi connectivity index (χ3n) is 2.68. The predicted octanol–water partition coefficient (Wildman–Crippen LogP) is -0.338. The molecule has 2 rings (SSSR count). The number of aromatic nitrogens is 1. The molecule has 3 amide bonds. The number of pyridine rings is 1. The number of rotatable bonds is 2. The number of hydrogen-bond donors (Lipinski definition) is 2. The minimum absolute atomic E-state index is 0.300. The Bertz CT molecular complexity index is 614. The van der Waals surface area contributed by atoms with Crippen LogP contribution in [0.3, 0.4) is 0 Å². The highest BCUT2D eigenvalue weighted by molar-refractivity contribution is 6.04. The Morgan fingerprint density at radius 3 is 2.29 bits per heavy atom. The Morgan fingerprint density at radius 1 is 1.24 bits per heavy atom. The van der Waals surface area contributed by atoms with Gasteiger partial charge in [0.25, 0.3) is 5.91 Å². The van der Waals surface area contributed by atoms with Crippen LogP contribution in [0, 0.1) is 0 Å². The van der Waals surface area contributed by atoms with Crippen LogP contribution in [0.1, 0.15) is 16.1 Å². The second-order valence-corrected chi connectivity index (χ2v) is 4.26. The summed E-state index contributed by atoms with van der Waals surface area (Å²) in [6, 6.07) is 1.47. The number of carbonyl (C=O) groups is 3. The van der Waals surface area contributed by atoms with E-state index in [9.17, 15) is 27.6 Å². The van der Waals surface area contributed by atoms with Crippen molar-refractivity contribution >= 4 is 23.5 Å². The quantitative estimate of drug-likeness (QED) is 0.727. The molecule has 1 aromatic rings. The van der Waals surface area contributed by atoms with E-state index in [1.54, 1.807) is 0 Å². The average Bonchev–Trinajstić information content (AvgIpc) is 2.35. The fraction of sp³-hybridized carbons (Fsp3) is 0.273. The zero-order valence-electron chi connectivity index (χ0n) is 10.4. The molecule has 0 aromatic carbocycles. The number of nitrogens with zero attached hydrogens (tertiary/aromatic N) is 2. The van der Waals surface area contributed by atoms with Gasteiger partial charge in [0.2, 0.25) is 11.8 Å². The van der Waals surface area contributed by atoms with Gasteiger partial charge in [-0.25, -0.2) is 4.98 Å². The molecule has 1 aliphatic rings. The summed E-state index contributed by atoms with van der Waals surface area (Å²) in [5.74, 6) is -2.87. The highest BCUT2D eigenvalue weighted by Gasteiger charge is 2.35. The fourth-order valence-electron chi connectivity index (χ4n) is 1.83. The number of piperazine rings is 1. The van der Waals surface area contributed by atoms with Gasteiger partial charge in [0.15, 0.2) is 0 Å². The Hall–Kier alpha value is -2.65. The van der Waals surface area contributed by atoms with Gasteiger partial charge >= 0.3 is 6.18 Å². The van der Waals surface area contributed by atoms with E-state index in [0.717, 1.165) is 11.0 Å². The van der Waals surface area contributed by atoms with Crippen LogP contribution in [-0.4, -0.2) is 35.8 Å². The molecule has 0 radical (unpaired) electrons. The lowest BCUT2D eigenvalue weighted by Crippen LogP contribution is -2.52. The Labute approximate surface area is 115 Å². The Morgan fingerprint density at radius 2 is 1.81 bits per heavy atom. The number of hydrogen-bond acceptors (Lipinski definition) is 5. The molecule has 112 valence electrons. The summed E-state index contributed by atoms with van der Waals surface area (Å²) in [4.78, 5) is 38.1. The molecule has 0 bridgehead atoms. The minimum atomic E-state index is -4.73. The summed E-state index contributed by atoms with van der Waals surface area (Å²) >= 11 is 0. The lowest BCUT2D eigenvalue weighted by Gasteiger charge is -2.28. The monoisotopic (exact) mass is 302 g/mol. The van der Waals surface area contributed by atoms with Gasteiger partial charge in [-0.05, 0) is 12.1 Å². The van der Waals surface area contributed by atoms with Crippen LogP contribution < -0.4 is 16.0 Å². The molecule has 3 N–H and O–H groups in total. The van der Waals surface area contributed by atoms with Gasteiger partial charge < -0.3 is 10.6 Å². The topological polar surface area (TPSA) is 105 Å². The van der Waals surface area contributed by atoms with E-state index in [-0.39, 0.29) is 5.56 Å². The molecule has 7 nitrogen and oxygen atoms in total. The van der Waals surface area contributed by atoms with Crippen molar-refractivity contribution in [2.75, 3.05) is 18.0 Å². The maximum absolute atomic E-state index is 12.7. The zero-order chi connectivity index (χ0) is 15.8. The molecule has 0 spiro atoms. The first-order valence-corrected chi connectivity index (χ1v) is 5.64. The highest BCUT2D eigenvalue weighted by atomic mass is 19.4. The van der Waals surface area contributed by atoms with E-state index in [4.69, 9.17) is 5.73 Å². The van der Waals surface area contributed by atoms with Gasteiger partial charge in [-0.3, -0.25) is 19.7 Å². The van der Waals surface area contributed by atoms with E-state index in [1.165, 1.54) is 0 Å². The standard InChI is InChI=1S/C11H9F3N4O3/c12-11(13,14)6-2-1-5(9(15)21)10(16-6)18-3-7(19)17-8(20)4-18/h1-2H,3-4H2,(H2,15,21)(H,17,19,20). The first kappa shape index (κ1) is 14.8. The number of imide groups is 1. The summed E-state index contributed by atoms with van der Waals surface area (Å²) in [6.07, 6.45) is -4.73. The molecule has 2 heterocycles. The van der Waals surface area contributed by atoms with Gasteiger partial charge in [-0.15, -0.1) is 0 Å². The van der Waals surface area contributed by atoms with Crippen molar-refractivity contribution in [2.24, 2.45) is 5.73 Å². The number of anilines is 1.